The highest BCUT2D eigenvalue weighted by molar-refractivity contribution is 6.30. The number of halogens is 1. The van der Waals surface area contributed by atoms with Gasteiger partial charge in [-0.05, 0) is 42.1 Å². The first kappa shape index (κ1) is 12.5. The summed E-state index contributed by atoms with van der Waals surface area (Å²) in [7, 11) is 0. The van der Waals surface area contributed by atoms with Crippen molar-refractivity contribution in [2.45, 2.75) is 39.7 Å². The lowest BCUT2D eigenvalue weighted by Crippen LogP contribution is -2.15. The molecule has 0 aromatic heterocycles. The third-order valence-corrected chi connectivity index (χ3v) is 2.70. The van der Waals surface area contributed by atoms with Gasteiger partial charge >= 0.3 is 0 Å². The van der Waals surface area contributed by atoms with Gasteiger partial charge in [-0.25, -0.2) is 0 Å². The lowest BCUT2D eigenvalue weighted by atomic mass is 9.97. The molecule has 0 fully saturated rings. The van der Waals surface area contributed by atoms with E-state index < -0.39 is 0 Å². The molecule has 0 spiro atoms. The van der Waals surface area contributed by atoms with Gasteiger partial charge in [0.2, 0.25) is 0 Å². The van der Waals surface area contributed by atoms with Crippen molar-refractivity contribution >= 4 is 11.6 Å². The molecule has 0 radical (unpaired) electrons. The van der Waals surface area contributed by atoms with Crippen LogP contribution < -0.4 is 5.32 Å². The van der Waals surface area contributed by atoms with E-state index in [1.807, 2.05) is 6.07 Å². The lowest BCUT2D eigenvalue weighted by Gasteiger charge is -2.13. The Morgan fingerprint density at radius 2 is 2.07 bits per heavy atom. The Morgan fingerprint density at radius 3 is 2.67 bits per heavy atom. The van der Waals surface area contributed by atoms with Crippen LogP contribution in [-0.2, 0) is 6.54 Å². The van der Waals surface area contributed by atoms with Gasteiger partial charge in [0.05, 0.1) is 0 Å². The molecule has 0 atom stereocenters. The monoisotopic (exact) mass is 225 g/mol. The summed E-state index contributed by atoms with van der Waals surface area (Å²) in [6.07, 6.45) is 1.16. The third-order valence-electron chi connectivity index (χ3n) is 2.47. The van der Waals surface area contributed by atoms with E-state index in [9.17, 15) is 0 Å². The average molecular weight is 226 g/mol. The van der Waals surface area contributed by atoms with Crippen LogP contribution in [0.3, 0.4) is 0 Å². The van der Waals surface area contributed by atoms with E-state index in [0.717, 1.165) is 24.5 Å². The molecule has 0 aliphatic carbocycles. The molecule has 1 rings (SSSR count). The molecule has 84 valence electrons. The van der Waals surface area contributed by atoms with E-state index in [1.54, 1.807) is 0 Å². The van der Waals surface area contributed by atoms with Gasteiger partial charge in [0.15, 0.2) is 0 Å². The van der Waals surface area contributed by atoms with E-state index in [1.165, 1.54) is 11.1 Å². The smallest absolute Gasteiger partial charge is 0.0409 e. The van der Waals surface area contributed by atoms with Crippen LogP contribution in [0.2, 0.25) is 5.02 Å². The van der Waals surface area contributed by atoms with Crippen molar-refractivity contribution in [2.24, 2.45) is 0 Å². The predicted molar refractivity (Wildman–Crippen MR) is 67.5 cm³/mol. The number of benzene rings is 1. The third kappa shape index (κ3) is 3.84. The first-order valence-corrected chi connectivity index (χ1v) is 6.02. The molecule has 0 heterocycles. The molecule has 1 aromatic rings. The Hall–Kier alpha value is -0.530. The van der Waals surface area contributed by atoms with E-state index in [2.05, 4.69) is 38.2 Å². The van der Waals surface area contributed by atoms with E-state index in [0.29, 0.717) is 5.92 Å². The van der Waals surface area contributed by atoms with Crippen molar-refractivity contribution in [3.8, 4) is 0 Å². The van der Waals surface area contributed by atoms with Gasteiger partial charge < -0.3 is 5.32 Å². The molecule has 0 unspecified atom stereocenters. The van der Waals surface area contributed by atoms with E-state index >= 15 is 0 Å². The van der Waals surface area contributed by atoms with Crippen molar-refractivity contribution in [3.63, 3.8) is 0 Å². The fourth-order valence-electron chi connectivity index (χ4n) is 1.69. The molecule has 0 amide bonds. The molecule has 0 aliphatic heterocycles. The van der Waals surface area contributed by atoms with Gasteiger partial charge in [-0.1, -0.05) is 38.4 Å². The Labute approximate surface area is 97.8 Å². The van der Waals surface area contributed by atoms with Crippen LogP contribution in [-0.4, -0.2) is 6.54 Å². The number of hydrogen-bond acceptors (Lipinski definition) is 1. The van der Waals surface area contributed by atoms with E-state index in [-0.39, 0.29) is 0 Å². The molecular weight excluding hydrogens is 206 g/mol. The maximum absolute atomic E-state index is 6.01. The molecule has 0 saturated heterocycles. The van der Waals surface area contributed by atoms with Crippen LogP contribution in [0, 0.1) is 0 Å². The van der Waals surface area contributed by atoms with Gasteiger partial charge in [0.25, 0.3) is 0 Å². The molecule has 0 saturated carbocycles. The Morgan fingerprint density at radius 1 is 1.33 bits per heavy atom. The van der Waals surface area contributed by atoms with Crippen molar-refractivity contribution in [1.82, 2.24) is 5.32 Å². The summed E-state index contributed by atoms with van der Waals surface area (Å²) in [4.78, 5) is 0. The Kier molecular flexibility index (Phi) is 5.13. The van der Waals surface area contributed by atoms with Gasteiger partial charge in [-0.3, -0.25) is 0 Å². The highest BCUT2D eigenvalue weighted by atomic mass is 35.5. The van der Waals surface area contributed by atoms with Crippen molar-refractivity contribution < 1.29 is 0 Å². The molecule has 0 aliphatic rings. The summed E-state index contributed by atoms with van der Waals surface area (Å²) >= 11 is 6.01. The SMILES string of the molecule is CCCNCc1cc(Cl)ccc1C(C)C. The minimum atomic E-state index is 0.556. The lowest BCUT2D eigenvalue weighted by molar-refractivity contribution is 0.666. The maximum Gasteiger partial charge on any atom is 0.0409 e. The van der Waals surface area contributed by atoms with Crippen molar-refractivity contribution in [1.29, 1.82) is 0 Å². The van der Waals surface area contributed by atoms with Crippen LogP contribution >= 0.6 is 11.6 Å². The zero-order valence-electron chi connectivity index (χ0n) is 9.81. The van der Waals surface area contributed by atoms with Gasteiger partial charge in [-0.15, -0.1) is 0 Å². The largest absolute Gasteiger partial charge is 0.313 e. The molecular formula is C13H20ClN. The minimum absolute atomic E-state index is 0.556. The van der Waals surface area contributed by atoms with Crippen LogP contribution in [0.25, 0.3) is 0 Å². The molecule has 1 aromatic carbocycles. The summed E-state index contributed by atoms with van der Waals surface area (Å²) in [5.41, 5.74) is 2.72. The zero-order valence-corrected chi connectivity index (χ0v) is 10.6. The quantitative estimate of drug-likeness (QED) is 0.748. The fourth-order valence-corrected chi connectivity index (χ4v) is 1.89. The summed E-state index contributed by atoms with van der Waals surface area (Å²) in [5.74, 6) is 0.556. The second-order valence-electron chi connectivity index (χ2n) is 4.17. The maximum atomic E-state index is 6.01. The Bertz CT molecular complexity index is 307. The van der Waals surface area contributed by atoms with Crippen molar-refractivity contribution in [2.75, 3.05) is 6.54 Å². The normalized spacial score (nSPS) is 11.0. The molecule has 2 heteroatoms. The molecule has 0 bridgehead atoms. The van der Waals surface area contributed by atoms with Crippen LogP contribution in [0.15, 0.2) is 18.2 Å². The van der Waals surface area contributed by atoms with Crippen molar-refractivity contribution in [3.05, 3.63) is 34.3 Å². The standard InChI is InChI=1S/C13H20ClN/c1-4-7-15-9-11-8-12(14)5-6-13(11)10(2)3/h5-6,8,10,15H,4,7,9H2,1-3H3. The topological polar surface area (TPSA) is 12.0 Å². The second-order valence-corrected chi connectivity index (χ2v) is 4.61. The number of hydrogen-bond donors (Lipinski definition) is 1. The van der Waals surface area contributed by atoms with Crippen LogP contribution in [0.4, 0.5) is 0 Å². The second kappa shape index (κ2) is 6.14. The molecule has 1 N–H and O–H groups in total. The van der Waals surface area contributed by atoms with Gasteiger partial charge in [0.1, 0.15) is 0 Å². The zero-order chi connectivity index (χ0) is 11.3. The molecule has 15 heavy (non-hydrogen) atoms. The number of rotatable bonds is 5. The molecule has 1 nitrogen and oxygen atoms in total. The highest BCUT2D eigenvalue weighted by Gasteiger charge is 2.06. The van der Waals surface area contributed by atoms with E-state index in [4.69, 9.17) is 11.6 Å². The van der Waals surface area contributed by atoms with Gasteiger partial charge in [0, 0.05) is 11.6 Å². The van der Waals surface area contributed by atoms with Crippen LogP contribution in [0.5, 0.6) is 0 Å². The number of nitrogens with one attached hydrogen (secondary N) is 1. The first-order valence-electron chi connectivity index (χ1n) is 5.64. The van der Waals surface area contributed by atoms with Crippen LogP contribution in [0.1, 0.15) is 44.2 Å². The predicted octanol–water partition coefficient (Wildman–Crippen LogP) is 3.96. The minimum Gasteiger partial charge on any atom is -0.313 e. The summed E-state index contributed by atoms with van der Waals surface area (Å²) < 4.78 is 0. The van der Waals surface area contributed by atoms with Gasteiger partial charge in [-0.2, -0.15) is 0 Å². The summed E-state index contributed by atoms with van der Waals surface area (Å²) in [6, 6.07) is 6.18. The summed E-state index contributed by atoms with van der Waals surface area (Å²) in [6.45, 7) is 8.58. The Balaban J connectivity index is 2.77. The highest BCUT2D eigenvalue weighted by Crippen LogP contribution is 2.22. The average Bonchev–Trinajstić information content (AvgIpc) is 2.18. The fraction of sp³-hybridized carbons (Fsp3) is 0.538. The first-order chi connectivity index (χ1) is 7.15. The summed E-state index contributed by atoms with van der Waals surface area (Å²) in [5, 5.41) is 4.24.